The quantitative estimate of drug-likeness (QED) is 0.675. The van der Waals surface area contributed by atoms with E-state index in [1.54, 1.807) is 0 Å². The van der Waals surface area contributed by atoms with Gasteiger partial charge >= 0.3 is 0 Å². The number of piperidine rings is 1. The van der Waals surface area contributed by atoms with Crippen LogP contribution in [-0.2, 0) is 6.54 Å². The number of fused-ring (bicyclic) bond motifs is 1. The Labute approximate surface area is 166 Å². The van der Waals surface area contributed by atoms with Crippen molar-refractivity contribution < 1.29 is 0 Å². The van der Waals surface area contributed by atoms with Crippen molar-refractivity contribution in [2.24, 2.45) is 5.92 Å². The van der Waals surface area contributed by atoms with Crippen LogP contribution in [0.4, 0.5) is 11.4 Å². The van der Waals surface area contributed by atoms with Crippen molar-refractivity contribution in [1.29, 1.82) is 0 Å². The molecular weight excluding hydrogens is 346 g/mol. The van der Waals surface area contributed by atoms with Crippen molar-refractivity contribution in [3.8, 4) is 0 Å². The number of rotatable bonds is 4. The zero-order chi connectivity index (χ0) is 19.7. The number of aromatic amines is 1. The van der Waals surface area contributed by atoms with Crippen LogP contribution in [0.25, 0.3) is 10.9 Å². The van der Waals surface area contributed by atoms with E-state index in [4.69, 9.17) is 0 Å². The lowest BCUT2D eigenvalue weighted by molar-refractivity contribution is 0.447. The van der Waals surface area contributed by atoms with Gasteiger partial charge in [-0.15, -0.1) is 0 Å². The van der Waals surface area contributed by atoms with Crippen molar-refractivity contribution in [3.63, 3.8) is 0 Å². The normalized spacial score (nSPS) is 17.1. The molecule has 1 aliphatic heterocycles. The van der Waals surface area contributed by atoms with Gasteiger partial charge in [0.05, 0.1) is 0 Å². The Balaban J connectivity index is 1.47. The molecule has 3 aromatic rings. The minimum Gasteiger partial charge on any atom is -0.381 e. The molecule has 2 heterocycles. The molecule has 1 aromatic heterocycles. The van der Waals surface area contributed by atoms with Crippen LogP contribution in [0.15, 0.2) is 47.3 Å². The van der Waals surface area contributed by atoms with Crippen molar-refractivity contribution in [2.45, 2.75) is 40.2 Å². The third kappa shape index (κ3) is 3.91. The molecule has 0 aliphatic carbocycles. The van der Waals surface area contributed by atoms with Crippen molar-refractivity contribution in [1.82, 2.24) is 4.98 Å². The molecular formula is C24H29N3O. The summed E-state index contributed by atoms with van der Waals surface area (Å²) in [6, 6.07) is 14.8. The average molecular weight is 376 g/mol. The van der Waals surface area contributed by atoms with Crippen LogP contribution in [0.5, 0.6) is 0 Å². The molecule has 1 atom stereocenters. The standard InChI is InChI=1S/C24H29N3O/c1-16-5-4-10-27(15-16)22-8-6-21(7-9-22)25-14-20-13-19-11-17(2)18(3)12-23(19)26-24(20)28/h6-9,11-13,16,25H,4-5,10,14-15H2,1-3H3,(H,26,28). The van der Waals surface area contributed by atoms with Gasteiger partial charge in [-0.05, 0) is 91.6 Å². The first-order valence-corrected chi connectivity index (χ1v) is 10.2. The third-order valence-corrected chi connectivity index (χ3v) is 5.91. The lowest BCUT2D eigenvalue weighted by Crippen LogP contribution is -2.34. The van der Waals surface area contributed by atoms with Gasteiger partial charge in [0.2, 0.25) is 0 Å². The highest BCUT2D eigenvalue weighted by atomic mass is 16.1. The maximum atomic E-state index is 12.4. The molecule has 0 saturated carbocycles. The van der Waals surface area contributed by atoms with Gasteiger partial charge < -0.3 is 15.2 Å². The highest BCUT2D eigenvalue weighted by molar-refractivity contribution is 5.80. The molecule has 1 fully saturated rings. The van der Waals surface area contributed by atoms with Gasteiger partial charge in [-0.3, -0.25) is 4.79 Å². The summed E-state index contributed by atoms with van der Waals surface area (Å²) in [7, 11) is 0. The Morgan fingerprint density at radius 1 is 1.11 bits per heavy atom. The van der Waals surface area contributed by atoms with E-state index in [2.05, 4.69) is 66.3 Å². The highest BCUT2D eigenvalue weighted by Gasteiger charge is 2.16. The highest BCUT2D eigenvalue weighted by Crippen LogP contribution is 2.24. The lowest BCUT2D eigenvalue weighted by Gasteiger charge is -2.32. The van der Waals surface area contributed by atoms with Gasteiger partial charge in [-0.2, -0.15) is 0 Å². The summed E-state index contributed by atoms with van der Waals surface area (Å²) in [4.78, 5) is 17.9. The predicted molar refractivity (Wildman–Crippen MR) is 118 cm³/mol. The first-order chi connectivity index (χ1) is 13.5. The molecule has 4 heteroatoms. The second-order valence-electron chi connectivity index (χ2n) is 8.24. The minimum absolute atomic E-state index is 0.0258. The van der Waals surface area contributed by atoms with Crippen molar-refractivity contribution in [3.05, 3.63) is 69.5 Å². The topological polar surface area (TPSA) is 48.1 Å². The Hall–Kier alpha value is -2.75. The van der Waals surface area contributed by atoms with Crippen LogP contribution >= 0.6 is 0 Å². The largest absolute Gasteiger partial charge is 0.381 e. The van der Waals surface area contributed by atoms with E-state index in [0.29, 0.717) is 6.54 Å². The fourth-order valence-electron chi connectivity index (χ4n) is 4.06. The van der Waals surface area contributed by atoms with Crippen LogP contribution in [-0.4, -0.2) is 18.1 Å². The van der Waals surface area contributed by atoms with E-state index in [-0.39, 0.29) is 5.56 Å². The molecule has 1 unspecified atom stereocenters. The fraction of sp³-hybridized carbons (Fsp3) is 0.375. The van der Waals surface area contributed by atoms with Crippen molar-refractivity contribution >= 4 is 22.3 Å². The number of anilines is 2. The Kier molecular flexibility index (Phi) is 5.12. The fourth-order valence-corrected chi connectivity index (χ4v) is 4.06. The summed E-state index contributed by atoms with van der Waals surface area (Å²) in [5, 5.41) is 4.47. The monoisotopic (exact) mass is 375 g/mol. The molecule has 2 N–H and O–H groups in total. The van der Waals surface area contributed by atoms with Gasteiger partial charge in [0.15, 0.2) is 0 Å². The molecule has 0 bridgehead atoms. The number of benzene rings is 2. The molecule has 0 spiro atoms. The van der Waals surface area contributed by atoms with Crippen LogP contribution in [0.2, 0.25) is 0 Å². The lowest BCUT2D eigenvalue weighted by atomic mass is 10.00. The summed E-state index contributed by atoms with van der Waals surface area (Å²) in [6.07, 6.45) is 2.60. The van der Waals surface area contributed by atoms with Crippen LogP contribution < -0.4 is 15.8 Å². The molecule has 2 aromatic carbocycles. The van der Waals surface area contributed by atoms with Crippen LogP contribution in [0.3, 0.4) is 0 Å². The number of nitrogens with one attached hydrogen (secondary N) is 2. The van der Waals surface area contributed by atoms with E-state index in [9.17, 15) is 4.79 Å². The molecule has 28 heavy (non-hydrogen) atoms. The van der Waals surface area contributed by atoms with E-state index >= 15 is 0 Å². The van der Waals surface area contributed by atoms with Gasteiger partial charge in [0.1, 0.15) is 0 Å². The second kappa shape index (κ2) is 7.70. The summed E-state index contributed by atoms with van der Waals surface area (Å²) in [6.45, 7) is 9.28. The summed E-state index contributed by atoms with van der Waals surface area (Å²) in [5.74, 6) is 0.763. The van der Waals surface area contributed by atoms with E-state index in [1.807, 2.05) is 12.1 Å². The first-order valence-electron chi connectivity index (χ1n) is 10.2. The second-order valence-corrected chi connectivity index (χ2v) is 8.24. The third-order valence-electron chi connectivity index (χ3n) is 5.91. The van der Waals surface area contributed by atoms with Crippen molar-refractivity contribution in [2.75, 3.05) is 23.3 Å². The average Bonchev–Trinajstić information content (AvgIpc) is 2.68. The van der Waals surface area contributed by atoms with E-state index < -0.39 is 0 Å². The SMILES string of the molecule is Cc1cc2cc(CNc3ccc(N4CCCC(C)C4)cc3)c(=O)[nH]c2cc1C. The molecule has 4 nitrogen and oxygen atoms in total. The number of pyridine rings is 1. The van der Waals surface area contributed by atoms with Crippen LogP contribution in [0, 0.1) is 19.8 Å². The molecule has 1 saturated heterocycles. The van der Waals surface area contributed by atoms with E-state index in [0.717, 1.165) is 41.2 Å². The first kappa shape index (κ1) is 18.6. The molecule has 4 rings (SSSR count). The number of nitrogens with zero attached hydrogens (tertiary/aromatic N) is 1. The summed E-state index contributed by atoms with van der Waals surface area (Å²) < 4.78 is 0. The molecule has 146 valence electrons. The summed E-state index contributed by atoms with van der Waals surface area (Å²) in [5.41, 5.74) is 6.38. The Morgan fingerprint density at radius 3 is 2.61 bits per heavy atom. The Morgan fingerprint density at radius 2 is 1.86 bits per heavy atom. The maximum absolute atomic E-state index is 12.4. The number of aryl methyl sites for hydroxylation is 2. The van der Waals surface area contributed by atoms with E-state index in [1.165, 1.54) is 29.7 Å². The molecule has 0 amide bonds. The summed E-state index contributed by atoms with van der Waals surface area (Å²) >= 11 is 0. The smallest absolute Gasteiger partial charge is 0.253 e. The van der Waals surface area contributed by atoms with Gasteiger partial charge in [0, 0.05) is 42.1 Å². The zero-order valence-electron chi connectivity index (χ0n) is 17.0. The predicted octanol–water partition coefficient (Wildman–Crippen LogP) is 4.99. The minimum atomic E-state index is -0.0258. The number of hydrogen-bond acceptors (Lipinski definition) is 3. The number of H-pyrrole nitrogens is 1. The zero-order valence-corrected chi connectivity index (χ0v) is 17.0. The Bertz CT molecular complexity index is 1040. The number of aromatic nitrogens is 1. The molecule has 1 aliphatic rings. The van der Waals surface area contributed by atoms with Crippen LogP contribution in [0.1, 0.15) is 36.5 Å². The maximum Gasteiger partial charge on any atom is 0.253 e. The van der Waals surface area contributed by atoms with Gasteiger partial charge in [-0.1, -0.05) is 6.92 Å². The molecule has 0 radical (unpaired) electrons. The number of hydrogen-bond donors (Lipinski definition) is 2. The van der Waals surface area contributed by atoms with Gasteiger partial charge in [-0.25, -0.2) is 0 Å². The van der Waals surface area contributed by atoms with Gasteiger partial charge in [0.25, 0.3) is 5.56 Å².